The molecular formula is C70H69Cl2N21O8S2. The fourth-order valence-corrected chi connectivity index (χ4v) is 12.2. The van der Waals surface area contributed by atoms with Gasteiger partial charge in [-0.25, -0.2) is 27.7 Å². The lowest BCUT2D eigenvalue weighted by atomic mass is 10.1. The Morgan fingerprint density at radius 3 is 1.58 bits per heavy atom. The van der Waals surface area contributed by atoms with Gasteiger partial charge in [0.2, 0.25) is 33.6 Å². The summed E-state index contributed by atoms with van der Waals surface area (Å²) in [4.78, 5) is 79.0. The molecule has 6 aromatic carbocycles. The van der Waals surface area contributed by atoms with Gasteiger partial charge in [-0.05, 0) is 79.6 Å². The van der Waals surface area contributed by atoms with E-state index in [4.69, 9.17) is 69.2 Å². The van der Waals surface area contributed by atoms with Crippen molar-refractivity contribution in [1.29, 1.82) is 15.8 Å². The lowest BCUT2D eigenvalue weighted by molar-refractivity contribution is -0.130. The highest BCUT2D eigenvalue weighted by molar-refractivity contribution is 7.89. The van der Waals surface area contributed by atoms with Crippen molar-refractivity contribution in [2.24, 2.45) is 0 Å². The van der Waals surface area contributed by atoms with E-state index in [0.29, 0.717) is 41.5 Å². The number of urea groups is 2. The smallest absolute Gasteiger partial charge is 0.337 e. The van der Waals surface area contributed by atoms with Crippen LogP contribution in [-0.2, 0) is 35.2 Å². The summed E-state index contributed by atoms with van der Waals surface area (Å²) in [7, 11) is -4.14. The van der Waals surface area contributed by atoms with Crippen molar-refractivity contribution in [2.75, 3.05) is 47.2 Å². The van der Waals surface area contributed by atoms with E-state index in [1.165, 1.54) is 78.8 Å². The normalized spacial score (nSPS) is 10.1. The minimum absolute atomic E-state index is 0.0116. The molecule has 29 nitrogen and oxygen atoms in total. The van der Waals surface area contributed by atoms with E-state index in [1.807, 2.05) is 18.2 Å². The number of benzene rings is 6. The molecule has 1 atom stereocenters. The summed E-state index contributed by atoms with van der Waals surface area (Å²) in [6.45, 7) is 55.8. The van der Waals surface area contributed by atoms with Crippen LogP contribution in [0.3, 0.4) is 0 Å². The second-order valence-electron chi connectivity index (χ2n) is 21.0. The molecule has 0 saturated heterocycles. The van der Waals surface area contributed by atoms with Crippen LogP contribution in [0.4, 0.5) is 77.8 Å². The molecule has 1 unspecified atom stereocenters. The van der Waals surface area contributed by atoms with Gasteiger partial charge in [0.15, 0.2) is 28.4 Å². The molecule has 0 aliphatic rings. The zero-order valence-corrected chi connectivity index (χ0v) is 59.3. The van der Waals surface area contributed by atoms with Crippen LogP contribution in [0.2, 0.25) is 10.0 Å². The predicted molar refractivity (Wildman–Crippen MR) is 394 cm³/mol. The molecule has 6 rings (SSSR count). The predicted octanol–water partition coefficient (Wildman–Crippen LogP) is 16.3. The summed E-state index contributed by atoms with van der Waals surface area (Å²) < 4.78 is 41.7. The third kappa shape index (κ3) is 27.1. The molecule has 6 aromatic rings. The van der Waals surface area contributed by atoms with Gasteiger partial charge in [-0.15, -0.1) is 0 Å². The van der Waals surface area contributed by atoms with Gasteiger partial charge in [0.25, 0.3) is 0 Å². The fraction of sp³-hybridized carbons (Fsp3) is 0.271. The van der Waals surface area contributed by atoms with E-state index in [0.717, 1.165) is 64.2 Å². The molecule has 0 aliphatic heterocycles. The number of aldehydes is 1. The minimum atomic E-state index is -3.97. The van der Waals surface area contributed by atoms with Crippen molar-refractivity contribution in [3.05, 3.63) is 204 Å². The average molecular weight is 1470 g/mol. The molecule has 528 valence electrons. The number of carbonyl (C=O) groups is 5. The number of rotatable bonds is 29. The molecule has 0 aliphatic carbocycles. The second kappa shape index (κ2) is 45.7. The third-order valence-electron chi connectivity index (χ3n) is 14.0. The first kappa shape index (κ1) is 84.4. The van der Waals surface area contributed by atoms with Gasteiger partial charge in [-0.2, -0.15) is 20.1 Å². The first-order valence-electron chi connectivity index (χ1n) is 31.2. The molecule has 0 radical (unpaired) electrons. The summed E-state index contributed by atoms with van der Waals surface area (Å²) in [5.41, 5.74) is 21.4. The summed E-state index contributed by atoms with van der Waals surface area (Å²) in [5, 5.41) is 32.8. The van der Waals surface area contributed by atoms with Crippen LogP contribution in [0.5, 0.6) is 0 Å². The van der Waals surface area contributed by atoms with Crippen LogP contribution in [0.15, 0.2) is 112 Å². The summed E-state index contributed by atoms with van der Waals surface area (Å²) in [5.74, 6) is -1.07. The van der Waals surface area contributed by atoms with Crippen LogP contribution in [-0.4, -0.2) is 67.2 Å². The molecule has 33 heteroatoms. The quantitative estimate of drug-likeness (QED) is 0.00686. The second-order valence-corrected chi connectivity index (χ2v) is 25.2. The number of sulfonamides is 1. The largest absolute Gasteiger partial charge is 0.340 e. The SMILES string of the molecule is [C-]#[N+]c1cc(C#N)c(NNC(=O)Nc2cc(Cl)c(S(=O)(=O)N(CCCCCCCC)CCCCCCCC)cc2Cl)c(C#N)c1.[C-]#[N+]c1cc(NNC(=O)C=O)c(C#N)cc1S(=O)c1ccccc1.[C-]#[N+]c1cc(NNC(=O)NC)cc([N+]#[C-])c1[N+]#[C-].[C-]#[N+]c1ccc(NNC(=O)CC)cc1[N+]#[C-]. The molecular weight excluding hydrogens is 1400 g/mol. The number of halogens is 2. The molecule has 0 heterocycles. The maximum absolute atomic E-state index is 13.8. The number of anilines is 5. The van der Waals surface area contributed by atoms with Crippen molar-refractivity contribution in [3.63, 3.8) is 0 Å². The van der Waals surface area contributed by atoms with Gasteiger partial charge in [0.05, 0.1) is 105 Å². The zero-order valence-electron chi connectivity index (χ0n) is 56.2. The first-order valence-corrected chi connectivity index (χ1v) is 34.5. The topological polar surface area (TPSA) is 362 Å². The molecule has 0 bridgehead atoms. The molecule has 0 aromatic heterocycles. The minimum Gasteiger partial charge on any atom is -0.340 e. The van der Waals surface area contributed by atoms with E-state index >= 15 is 0 Å². The molecule has 10 N–H and O–H groups in total. The Morgan fingerprint density at radius 1 is 0.544 bits per heavy atom. The van der Waals surface area contributed by atoms with Crippen molar-refractivity contribution in [2.45, 2.75) is 119 Å². The number of carbonyl (C=O) groups excluding carboxylic acids is 5. The lowest BCUT2D eigenvalue weighted by Gasteiger charge is -2.23. The van der Waals surface area contributed by atoms with Crippen molar-refractivity contribution >= 4 is 142 Å². The zero-order chi connectivity index (χ0) is 76.3. The van der Waals surface area contributed by atoms with E-state index < -0.39 is 38.8 Å². The van der Waals surface area contributed by atoms with Gasteiger partial charge < -0.3 is 16.1 Å². The first-order chi connectivity index (χ1) is 49.6. The van der Waals surface area contributed by atoms with Crippen LogP contribution in [0.1, 0.15) is 121 Å². The van der Waals surface area contributed by atoms with E-state index in [2.05, 4.69) is 102 Å². The van der Waals surface area contributed by atoms with Crippen molar-refractivity contribution in [1.82, 2.24) is 31.3 Å². The van der Waals surface area contributed by atoms with Crippen LogP contribution >= 0.6 is 23.2 Å². The summed E-state index contributed by atoms with van der Waals surface area (Å²) in [6, 6.07) is 28.1. The van der Waals surface area contributed by atoms with Gasteiger partial charge in [0.1, 0.15) is 23.1 Å². The van der Waals surface area contributed by atoms with Gasteiger partial charge in [0, 0.05) is 42.8 Å². The number of unbranched alkanes of at least 4 members (excludes halogenated alkanes) is 10. The number of hydrazine groups is 4. The van der Waals surface area contributed by atoms with E-state index in [-0.39, 0.29) is 99.9 Å². The number of nitrogens with zero attached hydrogens (tertiary/aromatic N) is 11. The Morgan fingerprint density at radius 2 is 1.08 bits per heavy atom. The third-order valence-corrected chi connectivity index (χ3v) is 18.1. The number of amides is 6. The average Bonchev–Trinajstić information content (AvgIpc) is 0.792. The van der Waals surface area contributed by atoms with Gasteiger partial charge >= 0.3 is 18.0 Å². The Balaban J connectivity index is 0.000000395. The van der Waals surface area contributed by atoms with Crippen LogP contribution < -0.4 is 54.0 Å². The molecule has 103 heavy (non-hydrogen) atoms. The van der Waals surface area contributed by atoms with Gasteiger partial charge in [-0.1, -0.05) is 139 Å². The standard InChI is InChI=1S/C32H41Cl2N7O3S.C16H10N4O3S.C11H8N6O.C11H10N4O/c1-4-6-8-10-12-14-16-41(17-15-13-11-9-7-5-2)45(43,44)30-21-27(33)29(20-28(30)34)38-32(42)40-39-31-24(22-35)18-26(37-3)19-25(31)23-36;1-18-14-8-13(19-20-16(22)10-21)11(9-17)7-15(14)24(23)12-5-3-2-4-6-12;1-12-8-5-7(16-17-11(18)15-4)6-9(13-2)10(8)14-3;1-4-11(16)15-14-8-5-6-9(12-2)10(7-8)13-3/h18-21,39H,4-17H2,1-2H3,(H2,38,40,42);2-8,10,19H,(H,20,22);5-6,16H,4H3,(H2,15,17,18);5-7,14H,4H2,1H3,(H,15,16). The van der Waals surface area contributed by atoms with Gasteiger partial charge in [-0.3, -0.25) is 80.8 Å². The van der Waals surface area contributed by atoms with E-state index in [9.17, 15) is 52.4 Å². The number of hydrogen-bond donors (Lipinski definition) is 10. The Bertz CT molecular complexity index is 4540. The summed E-state index contributed by atoms with van der Waals surface area (Å²) >= 11 is 12.9. The molecule has 0 spiro atoms. The number of nitrogens with one attached hydrogen (secondary N) is 10. The number of nitriles is 3. The maximum Gasteiger partial charge on any atom is 0.337 e. The number of hydrogen-bond acceptors (Lipinski definition) is 15. The highest BCUT2D eigenvalue weighted by Crippen LogP contribution is 2.41. The summed E-state index contributed by atoms with van der Waals surface area (Å²) in [6.07, 6.45) is 12.8. The van der Waals surface area contributed by atoms with Crippen LogP contribution in [0, 0.1) is 80.0 Å². The monoisotopic (exact) mass is 1470 g/mol. The molecule has 0 saturated carbocycles. The maximum atomic E-state index is 13.8. The lowest BCUT2D eigenvalue weighted by Crippen LogP contribution is -2.36. The fourth-order valence-electron chi connectivity index (χ4n) is 8.72. The van der Waals surface area contributed by atoms with E-state index in [1.54, 1.807) is 49.4 Å². The highest BCUT2D eigenvalue weighted by atomic mass is 35.5. The Kier molecular flexibility index (Phi) is 37.5. The van der Waals surface area contributed by atoms with Crippen molar-refractivity contribution < 1.29 is 36.6 Å². The Labute approximate surface area is 610 Å². The highest BCUT2D eigenvalue weighted by Gasteiger charge is 2.28. The van der Waals surface area contributed by atoms with Crippen molar-refractivity contribution in [3.8, 4) is 18.2 Å². The molecule has 6 amide bonds. The molecule has 0 fully saturated rings. The van der Waals surface area contributed by atoms with Crippen LogP contribution in [0.25, 0.3) is 33.9 Å². The Hall–Kier alpha value is -12.8.